The molecule has 4 aliphatic heterocycles. The molecule has 3 fully saturated rings. The van der Waals surface area contributed by atoms with E-state index < -0.39 is 0 Å². The molecule has 1 atom stereocenters. The average molecular weight is 335 g/mol. The number of piperidine rings is 3. The van der Waals surface area contributed by atoms with Crippen LogP contribution in [0.2, 0.25) is 0 Å². The molecule has 5 heterocycles. The highest BCUT2D eigenvalue weighted by Gasteiger charge is 2.52. The highest BCUT2D eigenvalue weighted by molar-refractivity contribution is 6.04. The molecular weight excluding hydrogens is 314 g/mol. The van der Waals surface area contributed by atoms with Gasteiger partial charge in [-0.25, -0.2) is 4.98 Å². The minimum absolute atomic E-state index is 0.103. The van der Waals surface area contributed by atoms with Crippen molar-refractivity contribution in [3.05, 3.63) is 53.7 Å². The van der Waals surface area contributed by atoms with Gasteiger partial charge in [0, 0.05) is 30.0 Å². The molecule has 1 amide bonds. The molecular formula is C20H21N3O2. The number of carbonyl (C=O) groups is 1. The van der Waals surface area contributed by atoms with Crippen LogP contribution in [0.25, 0.3) is 0 Å². The van der Waals surface area contributed by atoms with Crippen LogP contribution in [0.3, 0.4) is 0 Å². The van der Waals surface area contributed by atoms with Crippen molar-refractivity contribution in [2.24, 2.45) is 5.92 Å². The first kappa shape index (κ1) is 14.9. The smallest absolute Gasteiger partial charge is 0.255 e. The third-order valence-electron chi connectivity index (χ3n) is 5.83. The monoisotopic (exact) mass is 335 g/mol. The fraction of sp³-hybridized carbons (Fsp3) is 0.400. The molecule has 0 radical (unpaired) electrons. The van der Waals surface area contributed by atoms with E-state index in [4.69, 9.17) is 4.74 Å². The molecule has 1 spiro atoms. The maximum absolute atomic E-state index is 12.3. The normalized spacial score (nSPS) is 29.3. The topological polar surface area (TPSA) is 54.5 Å². The lowest BCUT2D eigenvalue weighted by atomic mass is 9.73. The minimum atomic E-state index is -0.112. The van der Waals surface area contributed by atoms with Crippen LogP contribution >= 0.6 is 0 Å². The van der Waals surface area contributed by atoms with Crippen LogP contribution in [0.5, 0.6) is 5.88 Å². The molecule has 25 heavy (non-hydrogen) atoms. The number of hydrogen-bond donors (Lipinski definition) is 1. The van der Waals surface area contributed by atoms with E-state index >= 15 is 0 Å². The standard InChI is InChI=1S/C20H21N3O2/c24-18(14-4-2-1-3-5-14)22-17-10-15-11-20(25-19(15)21-12-17)13-23-8-6-16(20)7-9-23/h1-5,10,12,16H,6-9,11,13H2,(H,22,24). The SMILES string of the molecule is O=C(Nc1cnc2c(c1)CC1(CN3CCC1CC3)O2)c1ccccc1. The molecule has 0 saturated carbocycles. The summed E-state index contributed by atoms with van der Waals surface area (Å²) in [6.45, 7) is 3.38. The van der Waals surface area contributed by atoms with E-state index in [2.05, 4.69) is 15.2 Å². The Labute approximate surface area is 147 Å². The number of anilines is 1. The molecule has 1 aromatic carbocycles. The summed E-state index contributed by atoms with van der Waals surface area (Å²) in [7, 11) is 0. The quantitative estimate of drug-likeness (QED) is 0.917. The van der Waals surface area contributed by atoms with E-state index in [1.54, 1.807) is 18.3 Å². The molecule has 5 nitrogen and oxygen atoms in total. The third kappa shape index (κ3) is 2.50. The number of carbonyl (C=O) groups excluding carboxylic acids is 1. The molecule has 3 saturated heterocycles. The Morgan fingerprint density at radius 1 is 1.24 bits per heavy atom. The Bertz CT molecular complexity index is 815. The van der Waals surface area contributed by atoms with Gasteiger partial charge in [-0.3, -0.25) is 9.69 Å². The highest BCUT2D eigenvalue weighted by Crippen LogP contribution is 2.46. The van der Waals surface area contributed by atoms with Crippen molar-refractivity contribution in [3.63, 3.8) is 0 Å². The summed E-state index contributed by atoms with van der Waals surface area (Å²) >= 11 is 0. The number of pyridine rings is 1. The molecule has 6 rings (SSSR count). The number of nitrogens with zero attached hydrogens (tertiary/aromatic N) is 2. The van der Waals surface area contributed by atoms with Gasteiger partial charge in [0.15, 0.2) is 0 Å². The van der Waals surface area contributed by atoms with E-state index in [0.29, 0.717) is 11.5 Å². The summed E-state index contributed by atoms with van der Waals surface area (Å²) in [4.78, 5) is 19.3. The van der Waals surface area contributed by atoms with Gasteiger partial charge < -0.3 is 10.1 Å². The lowest BCUT2D eigenvalue weighted by Crippen LogP contribution is -2.61. The zero-order valence-corrected chi connectivity index (χ0v) is 14.1. The van der Waals surface area contributed by atoms with Gasteiger partial charge in [-0.2, -0.15) is 0 Å². The molecule has 128 valence electrons. The summed E-state index contributed by atoms with van der Waals surface area (Å²) in [5.41, 5.74) is 2.38. The third-order valence-corrected chi connectivity index (χ3v) is 5.83. The number of nitrogens with one attached hydrogen (secondary N) is 1. The second-order valence-electron chi connectivity index (χ2n) is 7.40. The van der Waals surface area contributed by atoms with Crippen molar-refractivity contribution < 1.29 is 9.53 Å². The molecule has 1 aromatic heterocycles. The van der Waals surface area contributed by atoms with E-state index in [9.17, 15) is 4.79 Å². The van der Waals surface area contributed by atoms with Crippen molar-refractivity contribution in [3.8, 4) is 5.88 Å². The number of aromatic nitrogens is 1. The highest BCUT2D eigenvalue weighted by atomic mass is 16.5. The number of rotatable bonds is 2. The Kier molecular flexibility index (Phi) is 3.31. The molecule has 4 aliphatic rings. The largest absolute Gasteiger partial charge is 0.469 e. The zero-order valence-electron chi connectivity index (χ0n) is 14.1. The Balaban J connectivity index is 1.36. The second-order valence-corrected chi connectivity index (χ2v) is 7.40. The van der Waals surface area contributed by atoms with Gasteiger partial charge in [0.25, 0.3) is 5.91 Å². The van der Waals surface area contributed by atoms with Crippen LogP contribution in [0.15, 0.2) is 42.6 Å². The van der Waals surface area contributed by atoms with Crippen LogP contribution in [0.4, 0.5) is 5.69 Å². The average Bonchev–Trinajstić information content (AvgIpc) is 3.00. The van der Waals surface area contributed by atoms with Gasteiger partial charge in [-0.05, 0) is 44.1 Å². The predicted octanol–water partition coefficient (Wildman–Crippen LogP) is 2.73. The second kappa shape index (κ2) is 5.56. The zero-order chi connectivity index (χ0) is 16.9. The first-order valence-electron chi connectivity index (χ1n) is 8.99. The minimum Gasteiger partial charge on any atom is -0.469 e. The van der Waals surface area contributed by atoms with Crippen molar-refractivity contribution >= 4 is 11.6 Å². The number of fused-ring (bicyclic) bond motifs is 3. The van der Waals surface area contributed by atoms with Crippen molar-refractivity contribution in [1.82, 2.24) is 9.88 Å². The fourth-order valence-electron chi connectivity index (χ4n) is 4.57. The molecule has 2 bridgehead atoms. The van der Waals surface area contributed by atoms with Crippen LogP contribution < -0.4 is 10.1 Å². The maximum atomic E-state index is 12.3. The van der Waals surface area contributed by atoms with Crippen LogP contribution in [-0.4, -0.2) is 41.0 Å². The lowest BCUT2D eigenvalue weighted by Gasteiger charge is -2.50. The first-order valence-corrected chi connectivity index (χ1v) is 8.99. The summed E-state index contributed by atoms with van der Waals surface area (Å²) in [5.74, 6) is 1.25. The van der Waals surface area contributed by atoms with Gasteiger partial charge in [0.2, 0.25) is 5.88 Å². The van der Waals surface area contributed by atoms with E-state index in [1.807, 2.05) is 24.3 Å². The van der Waals surface area contributed by atoms with E-state index in [-0.39, 0.29) is 11.5 Å². The number of benzene rings is 1. The molecule has 5 heteroatoms. The predicted molar refractivity (Wildman–Crippen MR) is 94.9 cm³/mol. The summed E-state index contributed by atoms with van der Waals surface area (Å²) < 4.78 is 6.35. The number of ether oxygens (including phenoxy) is 1. The van der Waals surface area contributed by atoms with Crippen molar-refractivity contribution in [2.75, 3.05) is 25.0 Å². The van der Waals surface area contributed by atoms with Gasteiger partial charge in [0.05, 0.1) is 11.9 Å². The van der Waals surface area contributed by atoms with Gasteiger partial charge in [0.1, 0.15) is 5.60 Å². The number of hydrogen-bond acceptors (Lipinski definition) is 4. The Morgan fingerprint density at radius 2 is 2.04 bits per heavy atom. The van der Waals surface area contributed by atoms with Crippen molar-refractivity contribution in [2.45, 2.75) is 24.9 Å². The molecule has 0 aliphatic carbocycles. The van der Waals surface area contributed by atoms with E-state index in [0.717, 1.165) is 30.1 Å². The molecule has 2 aromatic rings. The first-order chi connectivity index (χ1) is 12.2. The maximum Gasteiger partial charge on any atom is 0.255 e. The Morgan fingerprint density at radius 3 is 2.76 bits per heavy atom. The Hall–Kier alpha value is -2.40. The van der Waals surface area contributed by atoms with Crippen LogP contribution in [0, 0.1) is 5.92 Å². The summed E-state index contributed by atoms with van der Waals surface area (Å²) in [6.07, 6.45) is 5.02. The van der Waals surface area contributed by atoms with Crippen molar-refractivity contribution in [1.29, 1.82) is 0 Å². The van der Waals surface area contributed by atoms with Crippen LogP contribution in [0.1, 0.15) is 28.8 Å². The molecule has 1 N–H and O–H groups in total. The lowest BCUT2D eigenvalue weighted by molar-refractivity contribution is -0.0814. The van der Waals surface area contributed by atoms with Gasteiger partial charge in [-0.15, -0.1) is 0 Å². The molecule has 1 unspecified atom stereocenters. The van der Waals surface area contributed by atoms with Gasteiger partial charge in [-0.1, -0.05) is 18.2 Å². The number of amides is 1. The summed E-state index contributed by atoms with van der Waals surface area (Å²) in [6, 6.07) is 11.3. The summed E-state index contributed by atoms with van der Waals surface area (Å²) in [5, 5.41) is 2.95. The fourth-order valence-corrected chi connectivity index (χ4v) is 4.57. The van der Waals surface area contributed by atoms with Gasteiger partial charge >= 0.3 is 0 Å². The van der Waals surface area contributed by atoms with E-state index in [1.165, 1.54) is 25.9 Å². The van der Waals surface area contributed by atoms with Crippen LogP contribution in [-0.2, 0) is 6.42 Å².